The van der Waals surface area contributed by atoms with Crippen LogP contribution in [0.2, 0.25) is 0 Å². The number of hydrogen-bond acceptors (Lipinski definition) is 5. The number of pyridine rings is 1. The first-order chi connectivity index (χ1) is 12.5. The maximum absolute atomic E-state index is 14.1. The molecule has 4 rings (SSSR count). The second-order valence-electron chi connectivity index (χ2n) is 7.15. The molecule has 1 spiro atoms. The topological polar surface area (TPSA) is 85.5 Å². The van der Waals surface area contributed by atoms with E-state index in [2.05, 4.69) is 4.98 Å². The van der Waals surface area contributed by atoms with Crippen molar-refractivity contribution in [1.29, 1.82) is 0 Å². The Morgan fingerprint density at radius 3 is 2.77 bits per heavy atom. The number of nitrogens with zero attached hydrogens (tertiary/aromatic N) is 2. The molecule has 2 saturated heterocycles. The van der Waals surface area contributed by atoms with Crippen LogP contribution in [-0.4, -0.2) is 49.5 Å². The molecule has 1 unspecified atom stereocenters. The zero-order chi connectivity index (χ0) is 18.4. The molecule has 0 saturated carbocycles. The van der Waals surface area contributed by atoms with E-state index in [0.717, 1.165) is 6.42 Å². The molecule has 0 radical (unpaired) electrons. The predicted octanol–water partition coefficient (Wildman–Crippen LogP) is 1.89. The van der Waals surface area contributed by atoms with E-state index in [4.69, 9.17) is 10.5 Å². The van der Waals surface area contributed by atoms with Gasteiger partial charge < -0.3 is 10.5 Å². The SMILES string of the molecule is NCC1CN(S(=O)(=O)c2ccc(F)c3cnccc23)C2(CCOCC2)C1. The lowest BCUT2D eigenvalue weighted by Crippen LogP contribution is -2.50. The van der Waals surface area contributed by atoms with Gasteiger partial charge in [0.15, 0.2) is 0 Å². The fourth-order valence-electron chi connectivity index (χ4n) is 4.32. The summed E-state index contributed by atoms with van der Waals surface area (Å²) in [7, 11) is -3.81. The molecule has 1 atom stereocenters. The van der Waals surface area contributed by atoms with Gasteiger partial charge in [0.05, 0.1) is 4.90 Å². The molecule has 6 nitrogen and oxygen atoms in total. The highest BCUT2D eigenvalue weighted by Gasteiger charge is 2.51. The summed E-state index contributed by atoms with van der Waals surface area (Å²) in [5.41, 5.74) is 5.40. The van der Waals surface area contributed by atoms with Crippen LogP contribution in [0.3, 0.4) is 0 Å². The zero-order valence-electron chi connectivity index (χ0n) is 14.4. The Kier molecular flexibility index (Phi) is 4.46. The highest BCUT2D eigenvalue weighted by molar-refractivity contribution is 7.89. The molecule has 26 heavy (non-hydrogen) atoms. The minimum absolute atomic E-state index is 0.122. The van der Waals surface area contributed by atoms with Crippen LogP contribution in [0.15, 0.2) is 35.5 Å². The summed E-state index contributed by atoms with van der Waals surface area (Å²) >= 11 is 0. The Hall–Kier alpha value is -1.61. The van der Waals surface area contributed by atoms with Crippen molar-refractivity contribution in [2.45, 2.75) is 29.7 Å². The molecule has 1 aromatic heterocycles. The van der Waals surface area contributed by atoms with Gasteiger partial charge in [-0.15, -0.1) is 0 Å². The molecule has 2 fully saturated rings. The van der Waals surface area contributed by atoms with E-state index in [1.54, 1.807) is 10.4 Å². The monoisotopic (exact) mass is 379 g/mol. The quantitative estimate of drug-likeness (QED) is 0.880. The molecule has 2 aromatic rings. The van der Waals surface area contributed by atoms with E-state index >= 15 is 0 Å². The van der Waals surface area contributed by atoms with Crippen molar-refractivity contribution >= 4 is 20.8 Å². The Morgan fingerprint density at radius 2 is 2.04 bits per heavy atom. The number of sulfonamides is 1. The summed E-state index contributed by atoms with van der Waals surface area (Å²) in [4.78, 5) is 4.05. The zero-order valence-corrected chi connectivity index (χ0v) is 15.2. The van der Waals surface area contributed by atoms with Crippen LogP contribution in [0, 0.1) is 11.7 Å². The van der Waals surface area contributed by atoms with E-state index < -0.39 is 21.4 Å². The van der Waals surface area contributed by atoms with Gasteiger partial charge in [0, 0.05) is 48.5 Å². The molecular weight excluding hydrogens is 357 g/mol. The molecule has 0 bridgehead atoms. The lowest BCUT2D eigenvalue weighted by molar-refractivity contribution is 0.0197. The van der Waals surface area contributed by atoms with Crippen molar-refractivity contribution in [1.82, 2.24) is 9.29 Å². The normalized spacial score (nSPS) is 23.7. The Bertz CT molecular complexity index is 928. The summed E-state index contributed by atoms with van der Waals surface area (Å²) in [6.07, 6.45) is 4.90. The highest BCUT2D eigenvalue weighted by Crippen LogP contribution is 2.44. The molecule has 140 valence electrons. The first-order valence-electron chi connectivity index (χ1n) is 8.81. The van der Waals surface area contributed by atoms with E-state index in [9.17, 15) is 12.8 Å². The maximum Gasteiger partial charge on any atom is 0.244 e. The van der Waals surface area contributed by atoms with Gasteiger partial charge in [0.2, 0.25) is 10.0 Å². The van der Waals surface area contributed by atoms with Crippen LogP contribution < -0.4 is 5.73 Å². The van der Waals surface area contributed by atoms with Crippen LogP contribution in [-0.2, 0) is 14.8 Å². The van der Waals surface area contributed by atoms with Crippen LogP contribution in [0.5, 0.6) is 0 Å². The number of aromatic nitrogens is 1. The average molecular weight is 379 g/mol. The Morgan fingerprint density at radius 1 is 1.27 bits per heavy atom. The number of rotatable bonds is 3. The number of benzene rings is 1. The minimum atomic E-state index is -3.81. The smallest absolute Gasteiger partial charge is 0.244 e. The second kappa shape index (κ2) is 6.53. The largest absolute Gasteiger partial charge is 0.381 e. The molecule has 2 N–H and O–H groups in total. The third-order valence-corrected chi connectivity index (χ3v) is 7.70. The molecule has 0 aliphatic carbocycles. The van der Waals surface area contributed by atoms with E-state index in [1.807, 2.05) is 0 Å². The van der Waals surface area contributed by atoms with Gasteiger partial charge in [-0.3, -0.25) is 4.98 Å². The van der Waals surface area contributed by atoms with Crippen LogP contribution in [0.1, 0.15) is 19.3 Å². The summed E-state index contributed by atoms with van der Waals surface area (Å²) in [5.74, 6) is -0.356. The van der Waals surface area contributed by atoms with Crippen LogP contribution >= 0.6 is 0 Å². The Balaban J connectivity index is 1.85. The predicted molar refractivity (Wildman–Crippen MR) is 95.5 cm³/mol. The fraction of sp³-hybridized carbons (Fsp3) is 0.500. The molecule has 3 heterocycles. The minimum Gasteiger partial charge on any atom is -0.381 e. The number of fused-ring (bicyclic) bond motifs is 1. The van der Waals surface area contributed by atoms with Crippen molar-refractivity contribution in [2.75, 3.05) is 26.3 Å². The number of nitrogens with two attached hydrogens (primary N) is 1. The van der Waals surface area contributed by atoms with Gasteiger partial charge in [-0.25, -0.2) is 12.8 Å². The van der Waals surface area contributed by atoms with Gasteiger partial charge in [0.1, 0.15) is 5.82 Å². The molecular formula is C18H22FN3O3S. The van der Waals surface area contributed by atoms with Gasteiger partial charge in [0.25, 0.3) is 0 Å². The summed E-state index contributed by atoms with van der Waals surface area (Å²) in [6, 6.07) is 4.11. The maximum atomic E-state index is 14.1. The third-order valence-electron chi connectivity index (χ3n) is 5.67. The van der Waals surface area contributed by atoms with Crippen molar-refractivity contribution in [3.63, 3.8) is 0 Å². The first-order valence-corrected chi connectivity index (χ1v) is 10.2. The molecule has 8 heteroatoms. The van der Waals surface area contributed by atoms with Crippen molar-refractivity contribution in [3.05, 3.63) is 36.4 Å². The summed E-state index contributed by atoms with van der Waals surface area (Å²) in [6.45, 7) is 1.92. The van der Waals surface area contributed by atoms with Crippen LogP contribution in [0.25, 0.3) is 10.8 Å². The average Bonchev–Trinajstić information content (AvgIpc) is 3.01. The molecule has 1 aromatic carbocycles. The lowest BCUT2D eigenvalue weighted by Gasteiger charge is -2.40. The van der Waals surface area contributed by atoms with Crippen molar-refractivity contribution < 1.29 is 17.5 Å². The van der Waals surface area contributed by atoms with E-state index in [-0.39, 0.29) is 16.2 Å². The van der Waals surface area contributed by atoms with Crippen molar-refractivity contribution in [2.24, 2.45) is 11.7 Å². The van der Waals surface area contributed by atoms with Crippen molar-refractivity contribution in [3.8, 4) is 0 Å². The third kappa shape index (κ3) is 2.72. The van der Waals surface area contributed by atoms with Gasteiger partial charge in [-0.2, -0.15) is 4.31 Å². The van der Waals surface area contributed by atoms with Gasteiger partial charge in [-0.05, 0) is 49.9 Å². The second-order valence-corrected chi connectivity index (χ2v) is 8.98. The number of halogens is 1. The highest BCUT2D eigenvalue weighted by atomic mass is 32.2. The molecule has 0 amide bonds. The standard InChI is InChI=1S/C18H22FN3O3S/c19-16-1-2-17(14-3-6-21-11-15(14)16)26(23,24)22-12-13(10-20)9-18(22)4-7-25-8-5-18/h1-3,6,11,13H,4-5,7-10,12,20H2. The molecule has 2 aliphatic heterocycles. The van der Waals surface area contributed by atoms with E-state index in [0.29, 0.717) is 44.5 Å². The summed E-state index contributed by atoms with van der Waals surface area (Å²) in [5, 5.41) is 0.572. The number of ether oxygens (including phenoxy) is 1. The lowest BCUT2D eigenvalue weighted by atomic mass is 9.86. The summed E-state index contributed by atoms with van der Waals surface area (Å²) < 4.78 is 48.4. The molecule has 2 aliphatic rings. The van der Waals surface area contributed by atoms with Crippen LogP contribution in [0.4, 0.5) is 4.39 Å². The first kappa shape index (κ1) is 17.8. The van der Waals surface area contributed by atoms with E-state index in [1.165, 1.54) is 24.5 Å². The van der Waals surface area contributed by atoms with Gasteiger partial charge in [-0.1, -0.05) is 0 Å². The number of hydrogen-bond donors (Lipinski definition) is 1. The van der Waals surface area contributed by atoms with Gasteiger partial charge >= 0.3 is 0 Å². The Labute approximate surface area is 152 Å². The fourth-order valence-corrected chi connectivity index (χ4v) is 6.43.